The van der Waals surface area contributed by atoms with Crippen molar-refractivity contribution in [2.75, 3.05) is 13.1 Å². The van der Waals surface area contributed by atoms with E-state index < -0.39 is 0 Å². The van der Waals surface area contributed by atoms with Crippen molar-refractivity contribution in [3.63, 3.8) is 0 Å². The summed E-state index contributed by atoms with van der Waals surface area (Å²) in [5, 5.41) is 2.88. The van der Waals surface area contributed by atoms with Crippen LogP contribution >= 0.6 is 0 Å². The molecular formula is C7H14N2O. The van der Waals surface area contributed by atoms with E-state index in [0.717, 1.165) is 19.5 Å². The van der Waals surface area contributed by atoms with E-state index in [1.165, 1.54) is 0 Å². The van der Waals surface area contributed by atoms with Crippen LogP contribution in [0.25, 0.3) is 0 Å². The van der Waals surface area contributed by atoms with E-state index in [2.05, 4.69) is 12.2 Å². The molecule has 10 heavy (non-hydrogen) atoms. The minimum atomic E-state index is 0.0920. The molecule has 0 saturated carbocycles. The van der Waals surface area contributed by atoms with Crippen molar-refractivity contribution >= 4 is 6.03 Å². The van der Waals surface area contributed by atoms with Crippen molar-refractivity contribution in [2.24, 2.45) is 0 Å². The summed E-state index contributed by atoms with van der Waals surface area (Å²) in [4.78, 5) is 12.8. The molecule has 1 rings (SSSR count). The highest BCUT2D eigenvalue weighted by Gasteiger charge is 2.24. The number of carbonyl (C=O) groups excluding carboxylic acids is 1. The summed E-state index contributed by atoms with van der Waals surface area (Å²) >= 11 is 0. The van der Waals surface area contributed by atoms with Crippen LogP contribution in [0.2, 0.25) is 0 Å². The number of rotatable bonds is 2. The van der Waals surface area contributed by atoms with Crippen molar-refractivity contribution in [2.45, 2.75) is 26.3 Å². The van der Waals surface area contributed by atoms with Crippen LogP contribution in [-0.4, -0.2) is 30.1 Å². The Labute approximate surface area is 61.4 Å². The van der Waals surface area contributed by atoms with E-state index in [1.807, 2.05) is 6.92 Å². The maximum Gasteiger partial charge on any atom is 0.317 e. The smallest absolute Gasteiger partial charge is 0.317 e. The van der Waals surface area contributed by atoms with Gasteiger partial charge in [-0.3, -0.25) is 0 Å². The predicted molar refractivity (Wildman–Crippen MR) is 39.9 cm³/mol. The number of nitrogens with one attached hydrogen (secondary N) is 1. The second-order valence-electron chi connectivity index (χ2n) is 2.75. The lowest BCUT2D eigenvalue weighted by Crippen LogP contribution is -2.35. The number of hydrogen-bond acceptors (Lipinski definition) is 1. The Balaban J connectivity index is 2.16. The molecule has 3 heteroatoms. The van der Waals surface area contributed by atoms with E-state index in [9.17, 15) is 4.79 Å². The Kier molecular flexibility index (Phi) is 2.14. The maximum atomic E-state index is 11.0. The Morgan fingerprint density at radius 3 is 2.70 bits per heavy atom. The third-order valence-electron chi connectivity index (χ3n) is 1.72. The Bertz CT molecular complexity index is 132. The molecule has 2 amide bonds. The highest BCUT2D eigenvalue weighted by molar-refractivity contribution is 5.76. The fraction of sp³-hybridized carbons (Fsp3) is 0.857. The molecule has 1 atom stereocenters. The van der Waals surface area contributed by atoms with Gasteiger partial charge in [0.2, 0.25) is 0 Å². The van der Waals surface area contributed by atoms with Gasteiger partial charge >= 0.3 is 6.03 Å². The van der Waals surface area contributed by atoms with Crippen molar-refractivity contribution in [1.82, 2.24) is 10.2 Å². The largest absolute Gasteiger partial charge is 0.336 e. The van der Waals surface area contributed by atoms with Gasteiger partial charge in [-0.2, -0.15) is 0 Å². The highest BCUT2D eigenvalue weighted by Crippen LogP contribution is 2.03. The molecule has 0 aliphatic carbocycles. The molecule has 1 unspecified atom stereocenters. The average molecular weight is 142 g/mol. The number of nitrogens with zero attached hydrogens (tertiary/aromatic N) is 1. The van der Waals surface area contributed by atoms with Crippen LogP contribution in [-0.2, 0) is 0 Å². The van der Waals surface area contributed by atoms with Crippen molar-refractivity contribution in [3.05, 3.63) is 0 Å². The highest BCUT2D eigenvalue weighted by atomic mass is 16.2. The molecule has 1 heterocycles. The summed E-state index contributed by atoms with van der Waals surface area (Å²) in [7, 11) is 0. The molecule has 0 spiro atoms. The molecule has 58 valence electrons. The first-order valence-corrected chi connectivity index (χ1v) is 3.79. The summed E-state index contributed by atoms with van der Waals surface area (Å²) in [5.41, 5.74) is 0. The van der Waals surface area contributed by atoms with Crippen LogP contribution in [0.4, 0.5) is 4.79 Å². The zero-order chi connectivity index (χ0) is 7.56. The van der Waals surface area contributed by atoms with Crippen molar-refractivity contribution in [1.29, 1.82) is 0 Å². The Morgan fingerprint density at radius 2 is 2.30 bits per heavy atom. The van der Waals surface area contributed by atoms with Crippen LogP contribution in [0, 0.1) is 0 Å². The van der Waals surface area contributed by atoms with Gasteiger partial charge in [0.15, 0.2) is 0 Å². The first-order valence-electron chi connectivity index (χ1n) is 3.79. The van der Waals surface area contributed by atoms with Gasteiger partial charge in [0.25, 0.3) is 0 Å². The van der Waals surface area contributed by atoms with Crippen LogP contribution in [0.15, 0.2) is 0 Å². The SMILES string of the molecule is CCC(C)NC(=O)N1CC1. The van der Waals surface area contributed by atoms with Gasteiger partial charge in [-0.15, -0.1) is 0 Å². The third kappa shape index (κ3) is 1.90. The monoisotopic (exact) mass is 142 g/mol. The quantitative estimate of drug-likeness (QED) is 0.568. The second-order valence-corrected chi connectivity index (χ2v) is 2.75. The number of urea groups is 1. The average Bonchev–Trinajstić information content (AvgIpc) is 2.68. The fourth-order valence-electron chi connectivity index (χ4n) is 0.657. The first-order chi connectivity index (χ1) is 4.74. The van der Waals surface area contributed by atoms with E-state index in [-0.39, 0.29) is 6.03 Å². The minimum Gasteiger partial charge on any atom is -0.336 e. The molecule has 1 aliphatic heterocycles. The third-order valence-corrected chi connectivity index (χ3v) is 1.72. The fourth-order valence-corrected chi connectivity index (χ4v) is 0.657. The minimum absolute atomic E-state index is 0.0920. The summed E-state index contributed by atoms with van der Waals surface area (Å²) < 4.78 is 0. The molecular weight excluding hydrogens is 128 g/mol. The van der Waals surface area contributed by atoms with Crippen LogP contribution in [0.3, 0.4) is 0 Å². The van der Waals surface area contributed by atoms with Crippen LogP contribution in [0.1, 0.15) is 20.3 Å². The molecule has 3 nitrogen and oxygen atoms in total. The Morgan fingerprint density at radius 1 is 1.70 bits per heavy atom. The lowest BCUT2D eigenvalue weighted by molar-refractivity contribution is 0.226. The molecule has 0 bridgehead atoms. The standard InChI is InChI=1S/C7H14N2O/c1-3-6(2)8-7(10)9-4-5-9/h6H,3-5H2,1-2H3,(H,8,10). The molecule has 0 aromatic rings. The molecule has 1 N–H and O–H groups in total. The summed E-state index contributed by atoms with van der Waals surface area (Å²) in [6, 6.07) is 0.405. The van der Waals surface area contributed by atoms with E-state index in [1.54, 1.807) is 4.90 Å². The Hall–Kier alpha value is -0.730. The summed E-state index contributed by atoms with van der Waals surface area (Å²) in [6.45, 7) is 5.94. The normalized spacial score (nSPS) is 18.4. The lowest BCUT2D eigenvalue weighted by Gasteiger charge is -2.10. The number of amides is 2. The van der Waals surface area contributed by atoms with Gasteiger partial charge in [0.05, 0.1) is 0 Å². The summed E-state index contributed by atoms with van der Waals surface area (Å²) in [5.74, 6) is 0. The zero-order valence-corrected chi connectivity index (χ0v) is 6.55. The lowest BCUT2D eigenvalue weighted by atomic mass is 10.3. The second kappa shape index (κ2) is 2.90. The zero-order valence-electron chi connectivity index (χ0n) is 6.55. The molecule has 1 saturated heterocycles. The molecule has 1 fully saturated rings. The molecule has 0 radical (unpaired) electrons. The number of carbonyl (C=O) groups is 1. The summed E-state index contributed by atoms with van der Waals surface area (Å²) in [6.07, 6.45) is 1.000. The predicted octanol–water partition coefficient (Wildman–Crippen LogP) is 0.810. The van der Waals surface area contributed by atoms with Gasteiger partial charge in [-0.1, -0.05) is 6.92 Å². The van der Waals surface area contributed by atoms with Crippen molar-refractivity contribution in [3.8, 4) is 0 Å². The van der Waals surface area contributed by atoms with E-state index >= 15 is 0 Å². The van der Waals surface area contributed by atoms with Crippen LogP contribution in [0.5, 0.6) is 0 Å². The molecule has 0 aromatic carbocycles. The molecule has 1 aliphatic rings. The van der Waals surface area contributed by atoms with Gasteiger partial charge in [-0.05, 0) is 13.3 Å². The van der Waals surface area contributed by atoms with Crippen molar-refractivity contribution < 1.29 is 4.79 Å². The van der Waals surface area contributed by atoms with E-state index in [4.69, 9.17) is 0 Å². The maximum absolute atomic E-state index is 11.0. The van der Waals surface area contributed by atoms with Gasteiger partial charge in [0.1, 0.15) is 0 Å². The van der Waals surface area contributed by atoms with Crippen LogP contribution < -0.4 is 5.32 Å². The topological polar surface area (TPSA) is 32.1 Å². The number of hydrogen-bond donors (Lipinski definition) is 1. The van der Waals surface area contributed by atoms with Gasteiger partial charge in [-0.25, -0.2) is 4.79 Å². The van der Waals surface area contributed by atoms with E-state index in [0.29, 0.717) is 6.04 Å². The van der Waals surface area contributed by atoms with Gasteiger partial charge < -0.3 is 10.2 Å². The first kappa shape index (κ1) is 7.38. The molecule has 0 aromatic heterocycles. The van der Waals surface area contributed by atoms with Gasteiger partial charge in [0, 0.05) is 19.1 Å².